The number of halogens is 6. The van der Waals surface area contributed by atoms with Gasteiger partial charge in [-0.1, -0.05) is 12.1 Å². The third kappa shape index (κ3) is 8.73. The van der Waals surface area contributed by atoms with Gasteiger partial charge < -0.3 is 19.7 Å². The van der Waals surface area contributed by atoms with E-state index in [0.717, 1.165) is 33.5 Å². The van der Waals surface area contributed by atoms with Crippen molar-refractivity contribution in [3.63, 3.8) is 0 Å². The topological polar surface area (TPSA) is 105 Å². The number of rotatable bonds is 6. The van der Waals surface area contributed by atoms with Gasteiger partial charge in [0.25, 0.3) is 0 Å². The van der Waals surface area contributed by atoms with Crippen molar-refractivity contribution in [3.05, 3.63) is 59.7 Å². The predicted octanol–water partition coefficient (Wildman–Crippen LogP) is 4.53. The Morgan fingerprint density at radius 1 is 0.927 bits per heavy atom. The number of nitrogens with one attached hydrogen (secondary N) is 1. The van der Waals surface area contributed by atoms with E-state index in [1.54, 1.807) is 20.8 Å². The van der Waals surface area contributed by atoms with Gasteiger partial charge in [0.05, 0.1) is 10.5 Å². The normalized spacial score (nSPS) is 17.2. The molecule has 1 fully saturated rings. The number of carbonyl (C=O) groups excluding carboxylic acids is 2. The maximum atomic E-state index is 13.4. The van der Waals surface area contributed by atoms with Crippen LogP contribution in [-0.2, 0) is 32.3 Å². The molecule has 0 unspecified atom stereocenters. The number of nitrogens with zero attached hydrogens (tertiary/aromatic N) is 2. The molecule has 0 radical (unpaired) electrons. The van der Waals surface area contributed by atoms with Gasteiger partial charge in [0.1, 0.15) is 17.4 Å². The molecule has 1 heterocycles. The number of piperazine rings is 1. The SMILES string of the molecule is CC(C)(C)OC(=O)N1CCN(S(=O)(=O)c2ccc(C(F)(F)F)cc2)[C@@H](C(=O)NCc2ccc(OC(F)(F)F)cc2)C1. The fourth-order valence-corrected chi connectivity index (χ4v) is 5.40. The molecule has 0 saturated carbocycles. The Morgan fingerprint density at radius 2 is 1.51 bits per heavy atom. The molecule has 0 bridgehead atoms. The molecule has 1 aliphatic heterocycles. The first kappa shape index (κ1) is 32.0. The van der Waals surface area contributed by atoms with E-state index in [2.05, 4.69) is 10.1 Å². The van der Waals surface area contributed by atoms with Crippen molar-refractivity contribution in [2.24, 2.45) is 0 Å². The summed E-state index contributed by atoms with van der Waals surface area (Å²) in [5.74, 6) is -1.34. The second-order valence-electron chi connectivity index (χ2n) is 9.99. The Balaban J connectivity index is 1.83. The number of hydrogen-bond donors (Lipinski definition) is 1. The molecule has 3 rings (SSSR count). The maximum absolute atomic E-state index is 13.4. The average Bonchev–Trinajstić information content (AvgIpc) is 2.85. The van der Waals surface area contributed by atoms with Gasteiger partial charge in [0.2, 0.25) is 15.9 Å². The van der Waals surface area contributed by atoms with Gasteiger partial charge in [0, 0.05) is 26.2 Å². The van der Waals surface area contributed by atoms with Gasteiger partial charge in [-0.15, -0.1) is 13.2 Å². The third-order valence-corrected chi connectivity index (χ3v) is 7.62. The minimum Gasteiger partial charge on any atom is -0.444 e. The predicted molar refractivity (Wildman–Crippen MR) is 132 cm³/mol. The van der Waals surface area contributed by atoms with Crippen molar-refractivity contribution in [1.82, 2.24) is 14.5 Å². The van der Waals surface area contributed by atoms with Crippen molar-refractivity contribution < 1.29 is 53.8 Å². The maximum Gasteiger partial charge on any atom is 0.573 e. The molecule has 0 spiro atoms. The van der Waals surface area contributed by atoms with Crippen LogP contribution < -0.4 is 10.1 Å². The van der Waals surface area contributed by atoms with Crippen LogP contribution in [0.5, 0.6) is 5.75 Å². The fourth-order valence-electron chi connectivity index (χ4n) is 3.83. The summed E-state index contributed by atoms with van der Waals surface area (Å²) >= 11 is 0. The summed E-state index contributed by atoms with van der Waals surface area (Å²) < 4.78 is 113. The highest BCUT2D eigenvalue weighted by atomic mass is 32.2. The van der Waals surface area contributed by atoms with Crippen molar-refractivity contribution in [3.8, 4) is 5.75 Å². The lowest BCUT2D eigenvalue weighted by atomic mass is 10.1. The Labute approximate surface area is 232 Å². The first-order valence-electron chi connectivity index (χ1n) is 12.1. The summed E-state index contributed by atoms with van der Waals surface area (Å²) in [6, 6.07) is 5.82. The van der Waals surface area contributed by atoms with E-state index >= 15 is 0 Å². The third-order valence-electron chi connectivity index (χ3n) is 5.70. The zero-order chi connectivity index (χ0) is 30.8. The number of sulfonamides is 1. The lowest BCUT2D eigenvalue weighted by molar-refractivity contribution is -0.274. The number of alkyl halides is 6. The molecule has 1 aliphatic rings. The van der Waals surface area contributed by atoms with Gasteiger partial charge in [-0.25, -0.2) is 13.2 Å². The highest BCUT2D eigenvalue weighted by molar-refractivity contribution is 7.89. The van der Waals surface area contributed by atoms with Crippen LogP contribution in [0, 0.1) is 0 Å². The summed E-state index contributed by atoms with van der Waals surface area (Å²) in [6.45, 7) is 3.66. The molecule has 1 N–H and O–H groups in total. The summed E-state index contributed by atoms with van der Waals surface area (Å²) in [7, 11) is -4.51. The van der Waals surface area contributed by atoms with Crippen LogP contribution in [0.3, 0.4) is 0 Å². The number of ether oxygens (including phenoxy) is 2. The highest BCUT2D eigenvalue weighted by Crippen LogP contribution is 2.31. The first-order chi connectivity index (χ1) is 18.8. The number of hydrogen-bond acceptors (Lipinski definition) is 6. The lowest BCUT2D eigenvalue weighted by Gasteiger charge is -2.39. The van der Waals surface area contributed by atoms with Crippen molar-refractivity contribution in [2.45, 2.75) is 56.4 Å². The number of amides is 2. The van der Waals surface area contributed by atoms with Crippen LogP contribution >= 0.6 is 0 Å². The van der Waals surface area contributed by atoms with E-state index in [1.165, 1.54) is 12.1 Å². The Bertz CT molecular complexity index is 1340. The molecule has 2 aromatic rings. The zero-order valence-corrected chi connectivity index (χ0v) is 22.9. The van der Waals surface area contributed by atoms with Crippen LogP contribution in [0.2, 0.25) is 0 Å². The van der Waals surface area contributed by atoms with E-state index in [9.17, 15) is 44.3 Å². The van der Waals surface area contributed by atoms with Crippen molar-refractivity contribution >= 4 is 22.0 Å². The van der Waals surface area contributed by atoms with Gasteiger partial charge >= 0.3 is 18.6 Å². The van der Waals surface area contributed by atoms with E-state index in [4.69, 9.17) is 4.74 Å². The second kappa shape index (κ2) is 11.8. The largest absolute Gasteiger partial charge is 0.573 e. The molecule has 2 amide bonds. The van der Waals surface area contributed by atoms with E-state index < -0.39 is 69.0 Å². The Morgan fingerprint density at radius 3 is 2.02 bits per heavy atom. The van der Waals surface area contributed by atoms with Gasteiger partial charge in [-0.2, -0.15) is 17.5 Å². The van der Waals surface area contributed by atoms with Crippen LogP contribution in [0.15, 0.2) is 53.4 Å². The summed E-state index contributed by atoms with van der Waals surface area (Å²) in [5.41, 5.74) is -1.60. The number of carbonyl (C=O) groups is 2. The average molecular weight is 612 g/mol. The second-order valence-corrected chi connectivity index (χ2v) is 11.9. The molecule has 9 nitrogen and oxygen atoms in total. The van der Waals surface area contributed by atoms with Crippen molar-refractivity contribution in [2.75, 3.05) is 19.6 Å². The van der Waals surface area contributed by atoms with Gasteiger partial charge in [0.15, 0.2) is 0 Å². The molecule has 0 aromatic heterocycles. The number of benzene rings is 2. The monoisotopic (exact) mass is 611 g/mol. The Hall–Kier alpha value is -3.53. The molecule has 1 saturated heterocycles. The molecular formula is C25H27F6N3O6S. The van der Waals surface area contributed by atoms with E-state index in [1.807, 2.05) is 0 Å². The minimum absolute atomic E-state index is 0.167. The molecule has 226 valence electrons. The smallest absolute Gasteiger partial charge is 0.444 e. The van der Waals surface area contributed by atoms with E-state index in [0.29, 0.717) is 17.7 Å². The van der Waals surface area contributed by atoms with Crippen LogP contribution in [0.4, 0.5) is 31.1 Å². The van der Waals surface area contributed by atoms with Crippen molar-refractivity contribution in [1.29, 1.82) is 0 Å². The highest BCUT2D eigenvalue weighted by Gasteiger charge is 2.42. The van der Waals surface area contributed by atoms with E-state index in [-0.39, 0.29) is 19.6 Å². The molecule has 16 heteroatoms. The van der Waals surface area contributed by atoms with Crippen LogP contribution in [0.1, 0.15) is 31.9 Å². The molecule has 1 atom stereocenters. The van der Waals surface area contributed by atoms with Crippen LogP contribution in [0.25, 0.3) is 0 Å². The summed E-state index contributed by atoms with van der Waals surface area (Å²) in [4.78, 5) is 26.5. The standard InChI is InChI=1S/C25H27F6N3O6S/c1-23(2,3)40-22(36)33-12-13-34(41(37,38)19-10-6-17(7-11-19)24(26,27)28)20(15-33)21(35)32-14-16-4-8-18(9-5-16)39-25(29,30)31/h4-11,20H,12-15H2,1-3H3,(H,32,35)/t20-/m1/s1. The molecular weight excluding hydrogens is 584 g/mol. The summed E-state index contributed by atoms with van der Waals surface area (Å²) in [6.07, 6.45) is -10.4. The molecule has 0 aliphatic carbocycles. The molecule has 41 heavy (non-hydrogen) atoms. The first-order valence-corrected chi connectivity index (χ1v) is 13.5. The summed E-state index contributed by atoms with van der Waals surface area (Å²) in [5, 5.41) is 2.49. The quantitative estimate of drug-likeness (QED) is 0.482. The minimum atomic E-state index is -4.89. The van der Waals surface area contributed by atoms with Crippen LogP contribution in [-0.4, -0.2) is 67.3 Å². The molecule has 2 aromatic carbocycles. The lowest BCUT2D eigenvalue weighted by Crippen LogP contribution is -2.61. The van der Waals surface area contributed by atoms with Gasteiger partial charge in [-0.05, 0) is 62.7 Å². The zero-order valence-electron chi connectivity index (χ0n) is 22.0. The fraction of sp³-hybridized carbons (Fsp3) is 0.440. The van der Waals surface area contributed by atoms with Gasteiger partial charge in [-0.3, -0.25) is 4.79 Å². The Kier molecular flexibility index (Phi) is 9.17.